The van der Waals surface area contributed by atoms with E-state index in [4.69, 9.17) is 23.2 Å². The van der Waals surface area contributed by atoms with Gasteiger partial charge in [-0.15, -0.1) is 11.8 Å². The average molecular weight is 558 g/mol. The van der Waals surface area contributed by atoms with Gasteiger partial charge in [-0.3, -0.25) is 9.59 Å². The van der Waals surface area contributed by atoms with E-state index in [1.807, 2.05) is 62.4 Å². The van der Waals surface area contributed by atoms with Crippen molar-refractivity contribution in [2.75, 3.05) is 12.3 Å². The maximum absolute atomic E-state index is 13.7. The SMILES string of the molecule is Cc1ccccc1CSCC(=O)N(Cc1ccc(Cl)cc1Cl)C(Cc1ccccc1)C(=O)NCC(C)C. The predicted octanol–water partition coefficient (Wildman–Crippen LogP) is 6.95. The summed E-state index contributed by atoms with van der Waals surface area (Å²) in [5.41, 5.74) is 4.13. The fraction of sp³-hybridized carbons (Fsp3) is 0.333. The largest absolute Gasteiger partial charge is 0.354 e. The van der Waals surface area contributed by atoms with E-state index in [2.05, 4.69) is 24.4 Å². The Labute approximate surface area is 234 Å². The van der Waals surface area contributed by atoms with Crippen molar-refractivity contribution < 1.29 is 9.59 Å². The summed E-state index contributed by atoms with van der Waals surface area (Å²) in [5, 5.41) is 4.04. The van der Waals surface area contributed by atoms with Crippen LogP contribution in [0.25, 0.3) is 0 Å². The molecule has 2 amide bonds. The summed E-state index contributed by atoms with van der Waals surface area (Å²) in [5.74, 6) is 0.991. The Morgan fingerprint density at radius 2 is 1.65 bits per heavy atom. The maximum atomic E-state index is 13.7. The minimum Gasteiger partial charge on any atom is -0.354 e. The van der Waals surface area contributed by atoms with Gasteiger partial charge in [0.25, 0.3) is 0 Å². The molecule has 0 aliphatic heterocycles. The second kappa shape index (κ2) is 14.5. The number of nitrogens with zero attached hydrogens (tertiary/aromatic N) is 1. The van der Waals surface area contributed by atoms with Gasteiger partial charge in [0.05, 0.1) is 5.75 Å². The molecule has 0 heterocycles. The monoisotopic (exact) mass is 556 g/mol. The zero-order chi connectivity index (χ0) is 26.8. The number of benzene rings is 3. The van der Waals surface area contributed by atoms with Crippen LogP contribution in [-0.4, -0.2) is 35.1 Å². The first kappa shape index (κ1) is 29.1. The fourth-order valence-corrected chi connectivity index (χ4v) is 5.37. The summed E-state index contributed by atoms with van der Waals surface area (Å²) >= 11 is 14.2. The molecule has 0 aliphatic rings. The van der Waals surface area contributed by atoms with Gasteiger partial charge in [0, 0.05) is 35.3 Å². The Hall–Kier alpha value is -2.47. The van der Waals surface area contributed by atoms with Crippen LogP contribution in [0, 0.1) is 12.8 Å². The highest BCUT2D eigenvalue weighted by Gasteiger charge is 2.30. The van der Waals surface area contributed by atoms with E-state index in [1.54, 1.807) is 28.8 Å². The van der Waals surface area contributed by atoms with Crippen LogP contribution in [0.15, 0.2) is 72.8 Å². The lowest BCUT2D eigenvalue weighted by atomic mass is 10.0. The first-order valence-corrected chi connectivity index (χ1v) is 14.3. The van der Waals surface area contributed by atoms with Gasteiger partial charge in [0.15, 0.2) is 0 Å². The second-order valence-electron chi connectivity index (χ2n) is 9.52. The van der Waals surface area contributed by atoms with Gasteiger partial charge >= 0.3 is 0 Å². The van der Waals surface area contributed by atoms with Gasteiger partial charge in [-0.25, -0.2) is 0 Å². The van der Waals surface area contributed by atoms with Gasteiger partial charge in [0.1, 0.15) is 6.04 Å². The Morgan fingerprint density at radius 3 is 2.32 bits per heavy atom. The number of hydrogen-bond donors (Lipinski definition) is 1. The molecule has 0 radical (unpaired) electrons. The highest BCUT2D eigenvalue weighted by Crippen LogP contribution is 2.25. The maximum Gasteiger partial charge on any atom is 0.243 e. The van der Waals surface area contributed by atoms with E-state index in [9.17, 15) is 9.59 Å². The number of nitrogens with one attached hydrogen (secondary N) is 1. The van der Waals surface area contributed by atoms with Crippen molar-refractivity contribution in [3.05, 3.63) is 105 Å². The normalized spacial score (nSPS) is 11.8. The summed E-state index contributed by atoms with van der Waals surface area (Å²) < 4.78 is 0. The molecular formula is C30H34Cl2N2O2S. The van der Waals surface area contributed by atoms with Gasteiger partial charge in [-0.2, -0.15) is 0 Å². The zero-order valence-corrected chi connectivity index (χ0v) is 23.9. The smallest absolute Gasteiger partial charge is 0.243 e. The molecule has 37 heavy (non-hydrogen) atoms. The molecule has 0 fully saturated rings. The minimum atomic E-state index is -0.681. The Morgan fingerprint density at radius 1 is 0.946 bits per heavy atom. The number of hydrogen-bond acceptors (Lipinski definition) is 3. The number of halogens is 2. The van der Waals surface area contributed by atoms with Crippen molar-refractivity contribution in [2.45, 2.75) is 45.5 Å². The van der Waals surface area contributed by atoms with Crippen molar-refractivity contribution in [3.63, 3.8) is 0 Å². The van der Waals surface area contributed by atoms with E-state index >= 15 is 0 Å². The van der Waals surface area contributed by atoms with Crippen molar-refractivity contribution in [1.82, 2.24) is 10.2 Å². The molecule has 196 valence electrons. The first-order chi connectivity index (χ1) is 17.7. The zero-order valence-electron chi connectivity index (χ0n) is 21.5. The average Bonchev–Trinajstić information content (AvgIpc) is 2.87. The fourth-order valence-electron chi connectivity index (χ4n) is 3.91. The minimum absolute atomic E-state index is 0.106. The summed E-state index contributed by atoms with van der Waals surface area (Å²) in [7, 11) is 0. The molecule has 0 saturated heterocycles. The summed E-state index contributed by atoms with van der Waals surface area (Å²) in [6.07, 6.45) is 0.407. The van der Waals surface area contributed by atoms with Crippen molar-refractivity contribution >= 4 is 46.8 Å². The molecule has 1 atom stereocenters. The van der Waals surface area contributed by atoms with E-state index in [-0.39, 0.29) is 24.1 Å². The quantitative estimate of drug-likeness (QED) is 0.262. The summed E-state index contributed by atoms with van der Waals surface area (Å²) in [6, 6.07) is 22.5. The molecule has 1 unspecified atom stereocenters. The molecule has 0 spiro atoms. The number of amides is 2. The Kier molecular flexibility index (Phi) is 11.4. The van der Waals surface area contributed by atoms with Gasteiger partial charge < -0.3 is 10.2 Å². The van der Waals surface area contributed by atoms with Crippen molar-refractivity contribution in [3.8, 4) is 0 Å². The molecule has 3 aromatic rings. The van der Waals surface area contributed by atoms with Gasteiger partial charge in [0.2, 0.25) is 11.8 Å². The van der Waals surface area contributed by atoms with Crippen LogP contribution in [0.1, 0.15) is 36.1 Å². The molecule has 1 N–H and O–H groups in total. The third kappa shape index (κ3) is 9.10. The van der Waals surface area contributed by atoms with Crippen LogP contribution in [0.4, 0.5) is 0 Å². The van der Waals surface area contributed by atoms with E-state index in [0.29, 0.717) is 28.9 Å². The number of aryl methyl sites for hydroxylation is 1. The molecular weight excluding hydrogens is 523 g/mol. The van der Waals surface area contributed by atoms with E-state index < -0.39 is 6.04 Å². The molecule has 0 bridgehead atoms. The van der Waals surface area contributed by atoms with Crippen LogP contribution >= 0.6 is 35.0 Å². The molecule has 3 rings (SSSR count). The highest BCUT2D eigenvalue weighted by molar-refractivity contribution is 7.99. The Balaban J connectivity index is 1.88. The molecule has 0 aliphatic carbocycles. The van der Waals surface area contributed by atoms with Crippen LogP contribution in [-0.2, 0) is 28.3 Å². The molecule has 7 heteroatoms. The molecule has 0 saturated carbocycles. The van der Waals surface area contributed by atoms with Crippen LogP contribution in [0.2, 0.25) is 10.0 Å². The first-order valence-electron chi connectivity index (χ1n) is 12.4. The molecule has 4 nitrogen and oxygen atoms in total. The van der Waals surface area contributed by atoms with Crippen molar-refractivity contribution in [1.29, 1.82) is 0 Å². The topological polar surface area (TPSA) is 49.4 Å². The van der Waals surface area contributed by atoms with Crippen LogP contribution in [0.3, 0.4) is 0 Å². The summed E-state index contributed by atoms with van der Waals surface area (Å²) in [4.78, 5) is 28.9. The third-order valence-corrected chi connectivity index (χ3v) is 7.61. The van der Waals surface area contributed by atoms with Crippen LogP contribution in [0.5, 0.6) is 0 Å². The van der Waals surface area contributed by atoms with Crippen molar-refractivity contribution in [2.24, 2.45) is 5.92 Å². The lowest BCUT2D eigenvalue weighted by Gasteiger charge is -2.32. The predicted molar refractivity (Wildman–Crippen MR) is 156 cm³/mol. The Bertz CT molecular complexity index is 1190. The number of rotatable bonds is 12. The van der Waals surface area contributed by atoms with E-state index in [1.165, 1.54) is 11.1 Å². The second-order valence-corrected chi connectivity index (χ2v) is 11.4. The van der Waals surface area contributed by atoms with Gasteiger partial charge in [-0.05, 0) is 47.2 Å². The van der Waals surface area contributed by atoms with Crippen LogP contribution < -0.4 is 5.32 Å². The summed E-state index contributed by atoms with van der Waals surface area (Å²) in [6.45, 7) is 6.92. The standard InChI is InChI=1S/C30H34Cl2N2O2S/c1-21(2)17-33-30(36)28(15-23-10-5-4-6-11-23)34(18-24-13-14-26(31)16-27(24)32)29(35)20-37-19-25-12-8-7-9-22(25)3/h4-14,16,21,28H,15,17-20H2,1-3H3,(H,33,36). The van der Waals surface area contributed by atoms with Gasteiger partial charge in [-0.1, -0.05) is 97.7 Å². The lowest BCUT2D eigenvalue weighted by Crippen LogP contribution is -2.51. The molecule has 0 aromatic heterocycles. The number of thioether (sulfide) groups is 1. The number of carbonyl (C=O) groups is 2. The third-order valence-electron chi connectivity index (χ3n) is 6.06. The molecule has 3 aromatic carbocycles. The van der Waals surface area contributed by atoms with E-state index in [0.717, 1.165) is 16.9 Å². The number of carbonyl (C=O) groups excluding carboxylic acids is 2. The highest BCUT2D eigenvalue weighted by atomic mass is 35.5. The lowest BCUT2D eigenvalue weighted by molar-refractivity contribution is -0.139.